The normalized spacial score (nSPS) is 14.9. The fourth-order valence-corrected chi connectivity index (χ4v) is 3.70. The summed E-state index contributed by atoms with van der Waals surface area (Å²) < 4.78 is 22.9. The number of fused-ring (bicyclic) bond motifs is 1. The van der Waals surface area contributed by atoms with Crippen molar-refractivity contribution in [3.8, 4) is 0 Å². The number of aryl methyl sites for hydroxylation is 1. The molecule has 2 aromatic rings. The number of carbonyl (C=O) groups is 1. The molecule has 0 aromatic heterocycles. The van der Waals surface area contributed by atoms with Gasteiger partial charge in [0.1, 0.15) is 0 Å². The molecule has 0 saturated carbocycles. The molecule has 4 N–H and O–H groups in total. The quantitative estimate of drug-likeness (QED) is 0.515. The summed E-state index contributed by atoms with van der Waals surface area (Å²) in [5.74, 6) is -0.210. The first-order valence-electron chi connectivity index (χ1n) is 8.41. The van der Waals surface area contributed by atoms with Gasteiger partial charge in [-0.2, -0.15) is 5.10 Å². The molecule has 1 aliphatic rings. The zero-order valence-electron chi connectivity index (χ0n) is 15.3. The monoisotopic (exact) mass is 417 g/mol. The Kier molecular flexibility index (Phi) is 5.45. The third kappa shape index (κ3) is 3.88. The Morgan fingerprint density at radius 2 is 1.96 bits per heavy atom. The van der Waals surface area contributed by atoms with Crippen molar-refractivity contribution < 1.29 is 13.2 Å². The Hall–Kier alpha value is -2.82. The molecule has 8 nitrogen and oxygen atoms in total. The van der Waals surface area contributed by atoms with Crippen molar-refractivity contribution in [1.82, 2.24) is 5.43 Å². The largest absolute Gasteiger partial charge is 0.331 e. The first kappa shape index (κ1) is 19.9. The number of likely N-dealkylation sites (N-methyl/N-ethyl adjacent to an activating group) is 1. The summed E-state index contributed by atoms with van der Waals surface area (Å²) in [6.45, 7) is 4.36. The number of amides is 1. The Morgan fingerprint density at radius 1 is 1.25 bits per heavy atom. The first-order valence-corrected chi connectivity index (χ1v) is 10.4. The number of anilines is 2. The van der Waals surface area contributed by atoms with E-state index in [1.165, 1.54) is 18.2 Å². The summed E-state index contributed by atoms with van der Waals surface area (Å²) >= 11 is 5.19. The van der Waals surface area contributed by atoms with E-state index in [2.05, 4.69) is 15.8 Å². The lowest BCUT2D eigenvalue weighted by Crippen LogP contribution is -2.32. The van der Waals surface area contributed by atoms with Crippen LogP contribution < -0.4 is 20.8 Å². The van der Waals surface area contributed by atoms with Gasteiger partial charge in [-0.15, -0.1) is 0 Å². The summed E-state index contributed by atoms with van der Waals surface area (Å²) in [6.07, 6.45) is 0. The van der Waals surface area contributed by atoms with Crippen LogP contribution in [0.2, 0.25) is 0 Å². The van der Waals surface area contributed by atoms with Gasteiger partial charge >= 0.3 is 0 Å². The van der Waals surface area contributed by atoms with E-state index in [9.17, 15) is 13.2 Å². The van der Waals surface area contributed by atoms with Crippen LogP contribution in [0.5, 0.6) is 0 Å². The molecule has 0 saturated heterocycles. The number of rotatable bonds is 4. The fraction of sp³-hybridized carbons (Fsp3) is 0.167. The van der Waals surface area contributed by atoms with Crippen LogP contribution in [0.15, 0.2) is 52.5 Å². The second-order valence-corrected chi connectivity index (χ2v) is 8.09. The number of nitrogens with zero attached hydrogens (tertiary/aromatic N) is 2. The minimum atomic E-state index is -3.82. The molecule has 1 amide bonds. The van der Waals surface area contributed by atoms with Crippen molar-refractivity contribution in [1.29, 1.82) is 0 Å². The average Bonchev–Trinajstić information content (AvgIpc) is 2.91. The maximum Gasteiger partial charge on any atom is 0.279 e. The SMILES string of the molecule is CCN1C(=O)C(=NNC(=S)Nc2cccc(S(N)(=O)=O)c2)c2cccc(C)c21. The van der Waals surface area contributed by atoms with Crippen LogP contribution in [0.3, 0.4) is 0 Å². The van der Waals surface area contributed by atoms with Gasteiger partial charge in [0.2, 0.25) is 10.0 Å². The van der Waals surface area contributed by atoms with Crippen molar-refractivity contribution in [3.63, 3.8) is 0 Å². The van der Waals surface area contributed by atoms with Gasteiger partial charge in [-0.25, -0.2) is 13.6 Å². The number of hydrogen-bond donors (Lipinski definition) is 3. The smallest absolute Gasteiger partial charge is 0.279 e. The summed E-state index contributed by atoms with van der Waals surface area (Å²) in [5.41, 5.74) is 5.90. The molecule has 3 rings (SSSR count). The fourth-order valence-electron chi connectivity index (χ4n) is 2.98. The number of nitrogens with one attached hydrogen (secondary N) is 2. The molecule has 1 aliphatic heterocycles. The number of primary sulfonamides is 1. The van der Waals surface area contributed by atoms with Gasteiger partial charge in [-0.05, 0) is 49.8 Å². The van der Waals surface area contributed by atoms with E-state index >= 15 is 0 Å². The summed E-state index contributed by atoms with van der Waals surface area (Å²) in [6, 6.07) is 11.6. The standard InChI is InChI=1S/C18H19N5O3S2/c1-3-23-16-11(2)6-4-9-14(16)15(17(23)24)21-22-18(27)20-12-7-5-8-13(10-12)28(19,25)26/h4-10H,3H2,1-2H3,(H2,19,25,26)(H2,20,22,27). The molecule has 1 heterocycles. The Balaban J connectivity index is 1.80. The molecule has 146 valence electrons. The molecule has 0 bridgehead atoms. The second-order valence-electron chi connectivity index (χ2n) is 6.12. The second kappa shape index (κ2) is 7.66. The van der Waals surface area contributed by atoms with E-state index in [4.69, 9.17) is 17.4 Å². The van der Waals surface area contributed by atoms with Crippen LogP contribution in [0.4, 0.5) is 11.4 Å². The Labute approximate surface area is 168 Å². The van der Waals surface area contributed by atoms with E-state index < -0.39 is 10.0 Å². The van der Waals surface area contributed by atoms with E-state index in [0.717, 1.165) is 16.8 Å². The van der Waals surface area contributed by atoms with Gasteiger partial charge in [0.15, 0.2) is 10.8 Å². The third-order valence-corrected chi connectivity index (χ3v) is 5.32. The third-order valence-electron chi connectivity index (χ3n) is 4.22. The maximum absolute atomic E-state index is 12.7. The molecular formula is C18H19N5O3S2. The zero-order chi connectivity index (χ0) is 20.5. The molecule has 0 atom stereocenters. The summed E-state index contributed by atoms with van der Waals surface area (Å²) in [7, 11) is -3.82. The van der Waals surface area contributed by atoms with Crippen LogP contribution in [0, 0.1) is 6.92 Å². The Morgan fingerprint density at radius 3 is 2.64 bits per heavy atom. The summed E-state index contributed by atoms with van der Waals surface area (Å²) in [5, 5.41) is 12.2. The lowest BCUT2D eigenvalue weighted by Gasteiger charge is -2.15. The molecule has 0 radical (unpaired) electrons. The predicted molar refractivity (Wildman–Crippen MR) is 113 cm³/mol. The van der Waals surface area contributed by atoms with Gasteiger partial charge < -0.3 is 10.2 Å². The van der Waals surface area contributed by atoms with Crippen LogP contribution >= 0.6 is 12.2 Å². The number of nitrogens with two attached hydrogens (primary N) is 1. The highest BCUT2D eigenvalue weighted by atomic mass is 32.2. The molecule has 0 aliphatic carbocycles. The molecule has 10 heteroatoms. The van der Waals surface area contributed by atoms with Crippen molar-refractivity contribution in [2.24, 2.45) is 10.2 Å². The van der Waals surface area contributed by atoms with Crippen LogP contribution in [-0.4, -0.2) is 31.7 Å². The highest BCUT2D eigenvalue weighted by Crippen LogP contribution is 2.32. The van der Waals surface area contributed by atoms with Crippen molar-refractivity contribution in [3.05, 3.63) is 53.6 Å². The first-order chi connectivity index (χ1) is 13.2. The molecule has 28 heavy (non-hydrogen) atoms. The predicted octanol–water partition coefficient (Wildman–Crippen LogP) is 1.70. The minimum Gasteiger partial charge on any atom is -0.331 e. The van der Waals surface area contributed by atoms with Gasteiger partial charge in [0.05, 0.1) is 10.6 Å². The van der Waals surface area contributed by atoms with E-state index in [1.54, 1.807) is 11.0 Å². The number of carbonyl (C=O) groups excluding carboxylic acids is 1. The van der Waals surface area contributed by atoms with Gasteiger partial charge in [-0.1, -0.05) is 24.3 Å². The van der Waals surface area contributed by atoms with E-state index in [-0.39, 0.29) is 21.6 Å². The number of sulfonamides is 1. The lowest BCUT2D eigenvalue weighted by atomic mass is 10.1. The lowest BCUT2D eigenvalue weighted by molar-refractivity contribution is -0.112. The van der Waals surface area contributed by atoms with Gasteiger partial charge in [0.25, 0.3) is 5.91 Å². The highest BCUT2D eigenvalue weighted by Gasteiger charge is 2.34. The van der Waals surface area contributed by atoms with Crippen LogP contribution in [0.25, 0.3) is 0 Å². The van der Waals surface area contributed by atoms with Crippen LogP contribution in [-0.2, 0) is 14.8 Å². The Bertz CT molecular complexity index is 1100. The number of hydrogen-bond acceptors (Lipinski definition) is 5. The average molecular weight is 418 g/mol. The van der Waals surface area contributed by atoms with E-state index in [1.807, 2.05) is 32.0 Å². The molecule has 0 fully saturated rings. The van der Waals surface area contributed by atoms with Crippen molar-refractivity contribution >= 4 is 50.3 Å². The van der Waals surface area contributed by atoms with Crippen LogP contribution in [0.1, 0.15) is 18.1 Å². The van der Waals surface area contributed by atoms with Gasteiger partial charge in [-0.3, -0.25) is 10.2 Å². The molecule has 2 aromatic carbocycles. The number of benzene rings is 2. The maximum atomic E-state index is 12.7. The van der Waals surface area contributed by atoms with E-state index in [0.29, 0.717) is 12.2 Å². The zero-order valence-corrected chi connectivity index (χ0v) is 16.9. The molecule has 0 unspecified atom stereocenters. The van der Waals surface area contributed by atoms with Crippen molar-refractivity contribution in [2.75, 3.05) is 16.8 Å². The molecular weight excluding hydrogens is 398 g/mol. The number of hydrazone groups is 1. The topological polar surface area (TPSA) is 117 Å². The number of para-hydroxylation sites is 1. The van der Waals surface area contributed by atoms with Gasteiger partial charge in [0, 0.05) is 17.8 Å². The highest BCUT2D eigenvalue weighted by molar-refractivity contribution is 7.89. The van der Waals surface area contributed by atoms with Crippen molar-refractivity contribution in [2.45, 2.75) is 18.7 Å². The minimum absolute atomic E-state index is 0.0411. The number of thiocarbonyl (C=S) groups is 1. The summed E-state index contributed by atoms with van der Waals surface area (Å²) in [4.78, 5) is 14.3. The molecule has 0 spiro atoms.